The summed E-state index contributed by atoms with van der Waals surface area (Å²) in [5, 5.41) is 5.72. The van der Waals surface area contributed by atoms with E-state index in [1.807, 2.05) is 32.0 Å². The third-order valence-corrected chi connectivity index (χ3v) is 4.65. The molecule has 0 aliphatic carbocycles. The maximum Gasteiger partial charge on any atom is 0.255 e. The fourth-order valence-corrected chi connectivity index (χ4v) is 2.99. The molecular weight excluding hydrogens is 367 g/mol. The van der Waals surface area contributed by atoms with Crippen LogP contribution >= 0.6 is 0 Å². The van der Waals surface area contributed by atoms with Gasteiger partial charge in [-0.1, -0.05) is 29.8 Å². The van der Waals surface area contributed by atoms with Gasteiger partial charge in [0.25, 0.3) is 11.8 Å². The number of carbonyl (C=O) groups is 2. The lowest BCUT2D eigenvalue weighted by molar-refractivity contribution is 0.0952. The minimum absolute atomic E-state index is 0.214. The number of hydrogen-bond acceptors (Lipinski definition) is 2. The smallest absolute Gasteiger partial charge is 0.255 e. The molecule has 0 aliphatic rings. The molecule has 0 bridgehead atoms. The van der Waals surface area contributed by atoms with Crippen molar-refractivity contribution < 1.29 is 14.0 Å². The highest BCUT2D eigenvalue weighted by molar-refractivity contribution is 6.05. The van der Waals surface area contributed by atoms with Gasteiger partial charge in [-0.15, -0.1) is 0 Å². The summed E-state index contributed by atoms with van der Waals surface area (Å²) in [4.78, 5) is 24.7. The van der Waals surface area contributed by atoms with Gasteiger partial charge in [0.2, 0.25) is 0 Å². The second-order valence-corrected chi connectivity index (χ2v) is 6.98. The van der Waals surface area contributed by atoms with E-state index in [1.165, 1.54) is 12.1 Å². The summed E-state index contributed by atoms with van der Waals surface area (Å²) in [6, 6.07) is 18.6. The second-order valence-electron chi connectivity index (χ2n) is 6.98. The van der Waals surface area contributed by atoms with Gasteiger partial charge in [-0.05, 0) is 73.9 Å². The normalized spacial score (nSPS) is 10.4. The summed E-state index contributed by atoms with van der Waals surface area (Å²) in [7, 11) is 0. The molecule has 0 fully saturated rings. The molecule has 0 radical (unpaired) electrons. The van der Waals surface area contributed by atoms with Crippen molar-refractivity contribution in [2.45, 2.75) is 20.3 Å². The van der Waals surface area contributed by atoms with E-state index in [-0.39, 0.29) is 17.6 Å². The Morgan fingerprint density at radius 2 is 1.45 bits per heavy atom. The van der Waals surface area contributed by atoms with Gasteiger partial charge in [0, 0.05) is 23.4 Å². The van der Waals surface area contributed by atoms with E-state index < -0.39 is 0 Å². The van der Waals surface area contributed by atoms with Crippen LogP contribution < -0.4 is 10.6 Å². The molecule has 0 heterocycles. The molecule has 0 saturated heterocycles. The number of benzene rings is 3. The molecule has 0 aromatic heterocycles. The van der Waals surface area contributed by atoms with Crippen molar-refractivity contribution in [3.63, 3.8) is 0 Å². The van der Waals surface area contributed by atoms with Crippen LogP contribution in [0.2, 0.25) is 0 Å². The standard InChI is InChI=1S/C24H23FN2O2/c1-16-3-12-22(17(2)15-16)27-24(29)20-8-6-19(7-9-20)23(28)26-14-13-18-4-10-21(25)11-5-18/h3-12,15H,13-14H2,1-2H3,(H,26,28)(H,27,29). The number of nitrogens with one attached hydrogen (secondary N) is 2. The first-order chi connectivity index (χ1) is 13.9. The summed E-state index contributed by atoms with van der Waals surface area (Å²) in [5.74, 6) is -0.715. The van der Waals surface area contributed by atoms with Crippen LogP contribution in [0.3, 0.4) is 0 Å². The van der Waals surface area contributed by atoms with Crippen LogP contribution in [0.4, 0.5) is 10.1 Å². The topological polar surface area (TPSA) is 58.2 Å². The molecule has 0 spiro atoms. The van der Waals surface area contributed by atoms with Crippen molar-refractivity contribution in [3.8, 4) is 0 Å². The first kappa shape index (κ1) is 20.3. The Balaban J connectivity index is 1.55. The number of anilines is 1. The van der Waals surface area contributed by atoms with Gasteiger partial charge in [-0.2, -0.15) is 0 Å². The van der Waals surface area contributed by atoms with E-state index >= 15 is 0 Å². The van der Waals surface area contributed by atoms with Gasteiger partial charge in [-0.25, -0.2) is 4.39 Å². The molecule has 3 aromatic carbocycles. The summed E-state index contributed by atoms with van der Waals surface area (Å²) in [6.45, 7) is 4.39. The molecule has 3 aromatic rings. The Morgan fingerprint density at radius 3 is 2.07 bits per heavy atom. The monoisotopic (exact) mass is 390 g/mol. The first-order valence-electron chi connectivity index (χ1n) is 9.44. The largest absolute Gasteiger partial charge is 0.352 e. The Labute approximate surface area is 169 Å². The van der Waals surface area contributed by atoms with Crippen LogP contribution in [0, 0.1) is 19.7 Å². The van der Waals surface area contributed by atoms with Gasteiger partial charge in [0.1, 0.15) is 5.82 Å². The number of carbonyl (C=O) groups excluding carboxylic acids is 2. The molecular formula is C24H23FN2O2. The quantitative estimate of drug-likeness (QED) is 0.643. The van der Waals surface area contributed by atoms with E-state index in [9.17, 15) is 14.0 Å². The lowest BCUT2D eigenvalue weighted by atomic mass is 10.1. The fourth-order valence-electron chi connectivity index (χ4n) is 2.99. The third kappa shape index (κ3) is 5.51. The first-order valence-corrected chi connectivity index (χ1v) is 9.44. The molecule has 0 saturated carbocycles. The van der Waals surface area contributed by atoms with Crippen molar-refractivity contribution in [1.29, 1.82) is 0 Å². The van der Waals surface area contributed by atoms with Crippen LogP contribution in [0.25, 0.3) is 0 Å². The zero-order chi connectivity index (χ0) is 20.8. The van der Waals surface area contributed by atoms with Gasteiger partial charge >= 0.3 is 0 Å². The Morgan fingerprint density at radius 1 is 0.828 bits per heavy atom. The van der Waals surface area contributed by atoms with Gasteiger partial charge in [-0.3, -0.25) is 9.59 Å². The Bertz CT molecular complexity index is 1010. The lowest BCUT2D eigenvalue weighted by Crippen LogP contribution is -2.25. The molecule has 2 N–H and O–H groups in total. The highest BCUT2D eigenvalue weighted by atomic mass is 19.1. The van der Waals surface area contributed by atoms with Gasteiger partial charge < -0.3 is 10.6 Å². The van der Waals surface area contributed by atoms with Crippen LogP contribution in [-0.4, -0.2) is 18.4 Å². The maximum atomic E-state index is 12.9. The third-order valence-electron chi connectivity index (χ3n) is 4.65. The Kier molecular flexibility index (Phi) is 6.39. The minimum Gasteiger partial charge on any atom is -0.352 e. The molecule has 4 nitrogen and oxygen atoms in total. The zero-order valence-corrected chi connectivity index (χ0v) is 16.5. The lowest BCUT2D eigenvalue weighted by Gasteiger charge is -2.10. The predicted molar refractivity (Wildman–Crippen MR) is 113 cm³/mol. The highest BCUT2D eigenvalue weighted by Crippen LogP contribution is 2.17. The number of hydrogen-bond donors (Lipinski definition) is 2. The molecule has 29 heavy (non-hydrogen) atoms. The average Bonchev–Trinajstić information content (AvgIpc) is 2.71. The van der Waals surface area contributed by atoms with Crippen LogP contribution in [-0.2, 0) is 6.42 Å². The number of halogens is 1. The highest BCUT2D eigenvalue weighted by Gasteiger charge is 2.10. The van der Waals surface area contributed by atoms with Gasteiger partial charge in [0.15, 0.2) is 0 Å². The van der Waals surface area contributed by atoms with E-state index in [4.69, 9.17) is 0 Å². The SMILES string of the molecule is Cc1ccc(NC(=O)c2ccc(C(=O)NCCc3ccc(F)cc3)cc2)c(C)c1. The van der Waals surface area contributed by atoms with E-state index in [0.29, 0.717) is 24.1 Å². The molecule has 3 rings (SSSR count). The van der Waals surface area contributed by atoms with Crippen LogP contribution in [0.1, 0.15) is 37.4 Å². The fraction of sp³-hybridized carbons (Fsp3) is 0.167. The van der Waals surface area contributed by atoms with Crippen LogP contribution in [0.5, 0.6) is 0 Å². The van der Waals surface area contributed by atoms with Gasteiger partial charge in [0.05, 0.1) is 0 Å². The molecule has 148 valence electrons. The number of rotatable bonds is 6. The summed E-state index contributed by atoms with van der Waals surface area (Å²) in [5.41, 5.74) is 4.80. The summed E-state index contributed by atoms with van der Waals surface area (Å²) in [6.07, 6.45) is 0.614. The predicted octanol–water partition coefficient (Wildman–Crippen LogP) is 4.67. The molecule has 0 atom stereocenters. The van der Waals surface area contributed by atoms with E-state index in [0.717, 1.165) is 22.4 Å². The zero-order valence-electron chi connectivity index (χ0n) is 16.5. The van der Waals surface area contributed by atoms with Crippen molar-refractivity contribution >= 4 is 17.5 Å². The molecule has 5 heteroatoms. The van der Waals surface area contributed by atoms with E-state index in [1.54, 1.807) is 36.4 Å². The van der Waals surface area contributed by atoms with Crippen molar-refractivity contribution in [2.75, 3.05) is 11.9 Å². The molecule has 0 unspecified atom stereocenters. The molecule has 2 amide bonds. The summed E-state index contributed by atoms with van der Waals surface area (Å²) >= 11 is 0. The molecule has 0 aliphatic heterocycles. The Hall–Kier alpha value is -3.47. The van der Waals surface area contributed by atoms with Crippen molar-refractivity contribution in [2.24, 2.45) is 0 Å². The maximum absolute atomic E-state index is 12.9. The van der Waals surface area contributed by atoms with Crippen molar-refractivity contribution in [1.82, 2.24) is 5.32 Å². The number of aryl methyl sites for hydroxylation is 2. The van der Waals surface area contributed by atoms with Crippen molar-refractivity contribution in [3.05, 3.63) is 100 Å². The average molecular weight is 390 g/mol. The number of amides is 2. The minimum atomic E-state index is -0.278. The van der Waals surface area contributed by atoms with E-state index in [2.05, 4.69) is 10.6 Å². The second kappa shape index (κ2) is 9.15. The summed E-state index contributed by atoms with van der Waals surface area (Å²) < 4.78 is 12.9. The van der Waals surface area contributed by atoms with Crippen LogP contribution in [0.15, 0.2) is 66.7 Å².